The highest BCUT2D eigenvalue weighted by molar-refractivity contribution is 5.97. The number of ketones is 1. The van der Waals surface area contributed by atoms with Gasteiger partial charge in [0.05, 0.1) is 5.92 Å². The predicted molar refractivity (Wildman–Crippen MR) is 97.3 cm³/mol. The molecule has 1 aliphatic carbocycles. The average molecular weight is 330 g/mol. The molecular formula is C20H30N2O2. The maximum atomic E-state index is 12.1. The number of amides is 1. The highest BCUT2D eigenvalue weighted by atomic mass is 16.1. The molecule has 0 aromatic heterocycles. The normalized spacial score (nSPS) is 20.7. The number of carbonyl (C=O) groups excluding carboxylic acids is 2. The first kappa shape index (κ1) is 18.7. The van der Waals surface area contributed by atoms with Gasteiger partial charge in [-0.25, -0.2) is 0 Å². The molecule has 0 aliphatic heterocycles. The lowest BCUT2D eigenvalue weighted by molar-refractivity contribution is -0.126. The quantitative estimate of drug-likeness (QED) is 0.815. The maximum absolute atomic E-state index is 12.1. The maximum Gasteiger partial charge on any atom is 0.224 e. The Morgan fingerprint density at radius 3 is 2.42 bits per heavy atom. The summed E-state index contributed by atoms with van der Waals surface area (Å²) in [4.78, 5) is 24.1. The molecule has 2 rings (SSSR count). The molecule has 4 heteroatoms. The molecule has 0 heterocycles. The summed E-state index contributed by atoms with van der Waals surface area (Å²) in [5.74, 6) is 0.295. The molecule has 1 aliphatic rings. The Kier molecular flexibility index (Phi) is 6.16. The molecule has 0 bridgehead atoms. The van der Waals surface area contributed by atoms with Gasteiger partial charge in [-0.1, -0.05) is 18.9 Å². The Hall–Kier alpha value is -1.68. The Balaban J connectivity index is 2.20. The van der Waals surface area contributed by atoms with Crippen LogP contribution in [0, 0.1) is 26.7 Å². The molecule has 1 aromatic rings. The number of hydrogen-bond acceptors (Lipinski definition) is 3. The first-order valence-corrected chi connectivity index (χ1v) is 8.92. The lowest BCUT2D eigenvalue weighted by atomic mass is 9.83. The van der Waals surface area contributed by atoms with Crippen LogP contribution in [0.25, 0.3) is 0 Å². The van der Waals surface area contributed by atoms with Crippen molar-refractivity contribution in [3.63, 3.8) is 0 Å². The van der Waals surface area contributed by atoms with Gasteiger partial charge < -0.3 is 10.6 Å². The van der Waals surface area contributed by atoms with Crippen LogP contribution in [0.5, 0.6) is 0 Å². The van der Waals surface area contributed by atoms with Gasteiger partial charge in [-0.2, -0.15) is 0 Å². The number of aryl methyl sites for hydroxylation is 2. The first-order chi connectivity index (χ1) is 11.4. The summed E-state index contributed by atoms with van der Waals surface area (Å²) >= 11 is 0. The molecule has 4 nitrogen and oxygen atoms in total. The van der Waals surface area contributed by atoms with E-state index >= 15 is 0 Å². The van der Waals surface area contributed by atoms with Crippen LogP contribution in [0.1, 0.15) is 65.2 Å². The van der Waals surface area contributed by atoms with Crippen LogP contribution in [0.15, 0.2) is 6.07 Å². The van der Waals surface area contributed by atoms with E-state index in [-0.39, 0.29) is 23.7 Å². The molecule has 1 saturated carbocycles. The van der Waals surface area contributed by atoms with E-state index in [0.717, 1.165) is 42.4 Å². The van der Waals surface area contributed by atoms with Gasteiger partial charge in [0.2, 0.25) is 5.91 Å². The number of hydrogen-bond donors (Lipinski definition) is 2. The second-order valence-electron chi connectivity index (χ2n) is 7.04. The van der Waals surface area contributed by atoms with Crippen molar-refractivity contribution in [1.29, 1.82) is 0 Å². The molecule has 0 unspecified atom stereocenters. The summed E-state index contributed by atoms with van der Waals surface area (Å²) in [6, 6.07) is 2.30. The molecule has 1 fully saturated rings. The van der Waals surface area contributed by atoms with E-state index < -0.39 is 0 Å². The summed E-state index contributed by atoms with van der Waals surface area (Å²) in [6.07, 6.45) is 4.26. The lowest BCUT2D eigenvalue weighted by Crippen LogP contribution is -2.45. The third-order valence-electron chi connectivity index (χ3n) is 5.37. The van der Waals surface area contributed by atoms with Gasteiger partial charge >= 0.3 is 0 Å². The third kappa shape index (κ3) is 3.86. The topological polar surface area (TPSA) is 58.2 Å². The van der Waals surface area contributed by atoms with Crippen LogP contribution >= 0.6 is 0 Å². The molecule has 2 atom stereocenters. The zero-order valence-corrected chi connectivity index (χ0v) is 15.6. The minimum atomic E-state index is 0.0436. The first-order valence-electron chi connectivity index (χ1n) is 8.92. The van der Waals surface area contributed by atoms with Gasteiger partial charge in [-0.15, -0.1) is 0 Å². The standard InChI is InChI=1S/C20H30N2O2/c1-12-10-13(2)19(15(4)23)14(3)17(12)11-22-18-9-7-6-8-16(18)20(24)21-5/h10,16,18,22H,6-9,11H2,1-5H3,(H,21,24)/t16-,18+/m1/s1. The zero-order valence-electron chi connectivity index (χ0n) is 15.6. The minimum absolute atomic E-state index is 0.0436. The zero-order chi connectivity index (χ0) is 17.9. The van der Waals surface area contributed by atoms with Crippen LogP contribution < -0.4 is 10.6 Å². The van der Waals surface area contributed by atoms with E-state index in [0.29, 0.717) is 6.54 Å². The molecule has 2 N–H and O–H groups in total. The van der Waals surface area contributed by atoms with Gasteiger partial charge in [0.1, 0.15) is 0 Å². The molecule has 132 valence electrons. The summed E-state index contributed by atoms with van der Waals surface area (Å²) in [6.45, 7) is 8.46. The molecule has 0 saturated heterocycles. The Bertz CT molecular complexity index is 637. The molecular weight excluding hydrogens is 300 g/mol. The van der Waals surface area contributed by atoms with Crippen LogP contribution in [0.4, 0.5) is 0 Å². The van der Waals surface area contributed by atoms with Crippen molar-refractivity contribution in [1.82, 2.24) is 10.6 Å². The number of benzene rings is 1. The largest absolute Gasteiger partial charge is 0.359 e. The van der Waals surface area contributed by atoms with Crippen molar-refractivity contribution in [3.05, 3.63) is 33.9 Å². The van der Waals surface area contributed by atoms with E-state index in [9.17, 15) is 9.59 Å². The highest BCUT2D eigenvalue weighted by Crippen LogP contribution is 2.27. The van der Waals surface area contributed by atoms with E-state index in [1.807, 2.05) is 13.8 Å². The van der Waals surface area contributed by atoms with Gasteiger partial charge in [0, 0.05) is 25.2 Å². The highest BCUT2D eigenvalue weighted by Gasteiger charge is 2.30. The van der Waals surface area contributed by atoms with E-state index in [4.69, 9.17) is 0 Å². The summed E-state index contributed by atoms with van der Waals surface area (Å²) in [7, 11) is 1.71. The lowest BCUT2D eigenvalue weighted by Gasteiger charge is -2.31. The van der Waals surface area contributed by atoms with Gasteiger partial charge in [0.25, 0.3) is 0 Å². The number of nitrogens with one attached hydrogen (secondary N) is 2. The Morgan fingerprint density at radius 2 is 1.79 bits per heavy atom. The fourth-order valence-corrected chi connectivity index (χ4v) is 4.15. The molecule has 0 radical (unpaired) electrons. The molecule has 1 aromatic carbocycles. The smallest absolute Gasteiger partial charge is 0.224 e. The molecule has 24 heavy (non-hydrogen) atoms. The number of Topliss-reactive ketones (excluding diaryl/α,β-unsaturated/α-hetero) is 1. The third-order valence-corrected chi connectivity index (χ3v) is 5.37. The van der Waals surface area contributed by atoms with Crippen molar-refractivity contribution < 1.29 is 9.59 Å². The predicted octanol–water partition coefficient (Wildman–Crippen LogP) is 3.21. The average Bonchev–Trinajstić information content (AvgIpc) is 2.53. The van der Waals surface area contributed by atoms with Crippen molar-refractivity contribution in [3.8, 4) is 0 Å². The van der Waals surface area contributed by atoms with Crippen LogP contribution in [0.3, 0.4) is 0 Å². The van der Waals surface area contributed by atoms with Gasteiger partial charge in [-0.05, 0) is 62.8 Å². The van der Waals surface area contributed by atoms with Gasteiger partial charge in [0.15, 0.2) is 5.78 Å². The summed E-state index contributed by atoms with van der Waals surface area (Å²) in [5, 5.41) is 6.39. The van der Waals surface area contributed by atoms with E-state index in [1.165, 1.54) is 11.1 Å². The van der Waals surface area contributed by atoms with Crippen molar-refractivity contribution in [2.45, 2.75) is 66.0 Å². The summed E-state index contributed by atoms with van der Waals surface area (Å²) in [5.41, 5.74) is 5.34. The van der Waals surface area contributed by atoms with E-state index in [1.54, 1.807) is 14.0 Å². The van der Waals surface area contributed by atoms with Crippen LogP contribution in [-0.4, -0.2) is 24.8 Å². The minimum Gasteiger partial charge on any atom is -0.359 e. The monoisotopic (exact) mass is 330 g/mol. The van der Waals surface area contributed by atoms with Crippen molar-refractivity contribution in [2.24, 2.45) is 5.92 Å². The van der Waals surface area contributed by atoms with E-state index in [2.05, 4.69) is 23.6 Å². The Morgan fingerprint density at radius 1 is 1.12 bits per heavy atom. The number of carbonyl (C=O) groups is 2. The summed E-state index contributed by atoms with van der Waals surface area (Å²) < 4.78 is 0. The SMILES string of the molecule is CNC(=O)[C@@H]1CCCC[C@@H]1NCc1c(C)cc(C)c(C(C)=O)c1C. The van der Waals surface area contributed by atoms with Crippen LogP contribution in [-0.2, 0) is 11.3 Å². The van der Waals surface area contributed by atoms with Crippen molar-refractivity contribution >= 4 is 11.7 Å². The van der Waals surface area contributed by atoms with Gasteiger partial charge in [-0.3, -0.25) is 9.59 Å². The Labute approximate surface area is 145 Å². The number of rotatable bonds is 5. The molecule has 0 spiro atoms. The fourth-order valence-electron chi connectivity index (χ4n) is 4.15. The second-order valence-corrected chi connectivity index (χ2v) is 7.04. The van der Waals surface area contributed by atoms with Crippen molar-refractivity contribution in [2.75, 3.05) is 7.05 Å². The second kappa shape index (κ2) is 7.93. The fraction of sp³-hybridized carbons (Fsp3) is 0.600. The van der Waals surface area contributed by atoms with Crippen LogP contribution in [0.2, 0.25) is 0 Å². The molecule has 1 amide bonds.